The molecule has 0 saturated carbocycles. The fourth-order valence-corrected chi connectivity index (χ4v) is 3.49. The number of esters is 1. The number of rotatable bonds is 8. The lowest BCUT2D eigenvalue weighted by atomic mass is 10.1. The molecule has 1 aromatic heterocycles. The molecule has 128 valence electrons. The molecule has 0 aliphatic heterocycles. The summed E-state index contributed by atoms with van der Waals surface area (Å²) in [7, 11) is 0. The minimum atomic E-state index is -0.332. The van der Waals surface area contributed by atoms with Crippen LogP contribution in [0.3, 0.4) is 0 Å². The summed E-state index contributed by atoms with van der Waals surface area (Å²) in [6, 6.07) is 9.55. The van der Waals surface area contributed by atoms with Crippen molar-refractivity contribution in [1.29, 1.82) is 0 Å². The second kappa shape index (κ2) is 9.44. The van der Waals surface area contributed by atoms with Gasteiger partial charge in [0, 0.05) is 4.88 Å². The van der Waals surface area contributed by atoms with E-state index < -0.39 is 0 Å². The van der Waals surface area contributed by atoms with Gasteiger partial charge in [-0.3, -0.25) is 9.59 Å². The molecule has 7 heteroatoms. The number of hydrogen-bond donors (Lipinski definition) is 1. The van der Waals surface area contributed by atoms with Crippen molar-refractivity contribution in [1.82, 2.24) is 5.32 Å². The molecule has 1 atom stereocenters. The molecule has 1 aromatic carbocycles. The molecule has 24 heavy (non-hydrogen) atoms. The van der Waals surface area contributed by atoms with Gasteiger partial charge < -0.3 is 10.1 Å². The smallest absolute Gasteiger partial charge is 0.315 e. The Hall–Kier alpha value is -1.86. The average molecular weight is 367 g/mol. The van der Waals surface area contributed by atoms with Gasteiger partial charge in [0.2, 0.25) is 5.91 Å². The fourth-order valence-electron chi connectivity index (χ4n) is 2.06. The van der Waals surface area contributed by atoms with Gasteiger partial charge >= 0.3 is 5.97 Å². The number of thioether (sulfide) groups is 1. The molecule has 0 spiro atoms. The highest BCUT2D eigenvalue weighted by Crippen LogP contribution is 2.26. The maximum Gasteiger partial charge on any atom is 0.315 e. The zero-order chi connectivity index (χ0) is 17.4. The number of halogens is 1. The minimum Gasteiger partial charge on any atom is -0.465 e. The second-order valence-electron chi connectivity index (χ2n) is 4.87. The van der Waals surface area contributed by atoms with E-state index in [9.17, 15) is 14.0 Å². The molecular weight excluding hydrogens is 349 g/mol. The van der Waals surface area contributed by atoms with Crippen molar-refractivity contribution < 1.29 is 18.7 Å². The molecule has 0 aliphatic carbocycles. The van der Waals surface area contributed by atoms with E-state index >= 15 is 0 Å². The van der Waals surface area contributed by atoms with Crippen LogP contribution in [0.5, 0.6) is 0 Å². The standard InChI is InChI=1S/C17H18FNO3S2/c1-2-22-16(21)11-23-10-15(20)19-17(14-4-3-9-24-14)12-5-7-13(18)8-6-12/h3-9,17H,2,10-11H2,1H3,(H,19,20)/t17-/m1/s1. The summed E-state index contributed by atoms with van der Waals surface area (Å²) in [5.74, 6) is -0.542. The van der Waals surface area contributed by atoms with E-state index in [4.69, 9.17) is 4.74 Å². The largest absolute Gasteiger partial charge is 0.465 e. The zero-order valence-corrected chi connectivity index (χ0v) is 14.8. The lowest BCUT2D eigenvalue weighted by Gasteiger charge is -2.18. The van der Waals surface area contributed by atoms with E-state index in [0.717, 1.165) is 10.4 Å². The molecule has 0 unspecified atom stereocenters. The van der Waals surface area contributed by atoms with Crippen molar-refractivity contribution in [3.63, 3.8) is 0 Å². The summed E-state index contributed by atoms with van der Waals surface area (Å²) in [5, 5.41) is 4.86. The van der Waals surface area contributed by atoms with Crippen LogP contribution in [0.25, 0.3) is 0 Å². The molecule has 0 aliphatic rings. The van der Waals surface area contributed by atoms with Crippen LogP contribution < -0.4 is 5.32 Å². The summed E-state index contributed by atoms with van der Waals surface area (Å²) in [6.45, 7) is 2.07. The van der Waals surface area contributed by atoms with Gasteiger partial charge in [-0.2, -0.15) is 0 Å². The number of hydrogen-bond acceptors (Lipinski definition) is 5. The summed E-state index contributed by atoms with van der Waals surface area (Å²) in [4.78, 5) is 24.4. The Morgan fingerprint density at radius 1 is 1.25 bits per heavy atom. The van der Waals surface area contributed by atoms with Gasteiger partial charge in [0.15, 0.2) is 0 Å². The number of carbonyl (C=O) groups is 2. The first kappa shape index (κ1) is 18.5. The third-order valence-electron chi connectivity index (χ3n) is 3.09. The summed E-state index contributed by atoms with van der Waals surface area (Å²) < 4.78 is 17.9. The van der Waals surface area contributed by atoms with Gasteiger partial charge in [0.1, 0.15) is 5.82 Å². The molecule has 2 aromatic rings. The molecule has 0 fully saturated rings. The van der Waals surface area contributed by atoms with Crippen molar-refractivity contribution in [2.45, 2.75) is 13.0 Å². The van der Waals surface area contributed by atoms with Crippen molar-refractivity contribution in [3.8, 4) is 0 Å². The Morgan fingerprint density at radius 3 is 2.62 bits per heavy atom. The quantitative estimate of drug-likeness (QED) is 0.727. The lowest BCUT2D eigenvalue weighted by Crippen LogP contribution is -2.30. The van der Waals surface area contributed by atoms with Gasteiger partial charge in [0.05, 0.1) is 24.2 Å². The molecule has 0 saturated heterocycles. The summed E-state index contributed by atoms with van der Waals surface area (Å²) in [6.07, 6.45) is 0. The Kier molecular flexibility index (Phi) is 7.27. The maximum absolute atomic E-state index is 13.1. The third kappa shape index (κ3) is 5.65. The highest BCUT2D eigenvalue weighted by molar-refractivity contribution is 8.00. The van der Waals surface area contributed by atoms with Crippen LogP contribution in [0.2, 0.25) is 0 Å². The highest BCUT2D eigenvalue weighted by Gasteiger charge is 2.18. The van der Waals surface area contributed by atoms with E-state index in [0.29, 0.717) is 6.61 Å². The van der Waals surface area contributed by atoms with Crippen molar-refractivity contribution in [3.05, 3.63) is 58.0 Å². The van der Waals surface area contributed by atoms with Crippen LogP contribution in [-0.2, 0) is 14.3 Å². The first-order valence-electron chi connectivity index (χ1n) is 7.41. The number of amides is 1. The number of benzene rings is 1. The third-order valence-corrected chi connectivity index (χ3v) is 4.94. The number of carbonyl (C=O) groups excluding carboxylic acids is 2. The molecule has 1 amide bonds. The first-order valence-corrected chi connectivity index (χ1v) is 9.45. The topological polar surface area (TPSA) is 55.4 Å². The van der Waals surface area contributed by atoms with Gasteiger partial charge in [-0.1, -0.05) is 18.2 Å². The van der Waals surface area contributed by atoms with Crippen LogP contribution in [-0.4, -0.2) is 30.0 Å². The van der Waals surface area contributed by atoms with Crippen molar-refractivity contribution in [2.75, 3.05) is 18.1 Å². The first-order chi connectivity index (χ1) is 11.6. The summed E-state index contributed by atoms with van der Waals surface area (Å²) in [5.41, 5.74) is 0.808. The molecule has 0 radical (unpaired) electrons. The van der Waals surface area contributed by atoms with Crippen LogP contribution in [0.1, 0.15) is 23.4 Å². The Bertz CT molecular complexity index is 659. The predicted octanol–water partition coefficient (Wildman–Crippen LogP) is 3.39. The fraction of sp³-hybridized carbons (Fsp3) is 0.294. The van der Waals surface area contributed by atoms with E-state index in [1.165, 1.54) is 35.2 Å². The second-order valence-corrected chi connectivity index (χ2v) is 6.83. The van der Waals surface area contributed by atoms with Crippen LogP contribution in [0, 0.1) is 5.82 Å². The van der Waals surface area contributed by atoms with Crippen LogP contribution in [0.4, 0.5) is 4.39 Å². The van der Waals surface area contributed by atoms with Gasteiger partial charge in [0.25, 0.3) is 0 Å². The highest BCUT2D eigenvalue weighted by atomic mass is 32.2. The van der Waals surface area contributed by atoms with E-state index in [1.54, 1.807) is 19.1 Å². The monoisotopic (exact) mass is 367 g/mol. The molecule has 0 bridgehead atoms. The van der Waals surface area contributed by atoms with Crippen molar-refractivity contribution in [2.24, 2.45) is 0 Å². The number of thiophene rings is 1. The normalized spacial score (nSPS) is 11.8. The Labute approximate surface area is 148 Å². The lowest BCUT2D eigenvalue weighted by molar-refractivity contribution is -0.139. The van der Waals surface area contributed by atoms with E-state index in [1.807, 2.05) is 17.5 Å². The van der Waals surface area contributed by atoms with Gasteiger partial charge in [-0.05, 0) is 36.1 Å². The molecule has 1 heterocycles. The maximum atomic E-state index is 13.1. The Balaban J connectivity index is 1.97. The Morgan fingerprint density at radius 2 is 2.00 bits per heavy atom. The zero-order valence-electron chi connectivity index (χ0n) is 13.2. The number of nitrogens with one attached hydrogen (secondary N) is 1. The molecule has 2 rings (SSSR count). The van der Waals surface area contributed by atoms with Crippen LogP contribution in [0.15, 0.2) is 41.8 Å². The SMILES string of the molecule is CCOC(=O)CSCC(=O)N[C@H](c1ccc(F)cc1)c1cccs1. The number of ether oxygens (including phenoxy) is 1. The minimum absolute atomic E-state index is 0.140. The van der Waals surface area contributed by atoms with E-state index in [-0.39, 0.29) is 35.2 Å². The predicted molar refractivity (Wildman–Crippen MR) is 94.7 cm³/mol. The van der Waals surface area contributed by atoms with Crippen molar-refractivity contribution >= 4 is 35.0 Å². The van der Waals surface area contributed by atoms with Gasteiger partial charge in [-0.15, -0.1) is 23.1 Å². The molecular formula is C17H18FNO3S2. The average Bonchev–Trinajstić information content (AvgIpc) is 3.08. The molecule has 4 nitrogen and oxygen atoms in total. The van der Waals surface area contributed by atoms with Gasteiger partial charge in [-0.25, -0.2) is 4.39 Å². The van der Waals surface area contributed by atoms with Crippen LogP contribution >= 0.6 is 23.1 Å². The molecule has 1 N–H and O–H groups in total. The van der Waals surface area contributed by atoms with E-state index in [2.05, 4.69) is 5.32 Å². The summed E-state index contributed by atoms with van der Waals surface area (Å²) >= 11 is 2.72.